The van der Waals surface area contributed by atoms with Gasteiger partial charge in [-0.1, -0.05) is 12.7 Å². The monoisotopic (exact) mass is 364 g/mol. The Morgan fingerprint density at radius 2 is 1.87 bits per heavy atom. The van der Waals surface area contributed by atoms with Crippen molar-refractivity contribution in [1.29, 1.82) is 0 Å². The first kappa shape index (κ1) is 21.4. The summed E-state index contributed by atoms with van der Waals surface area (Å²) in [5.41, 5.74) is 0.0870. The molecule has 0 aromatic heterocycles. The van der Waals surface area contributed by atoms with Crippen molar-refractivity contribution in [2.45, 2.75) is 20.3 Å². The van der Waals surface area contributed by atoms with Gasteiger partial charge in [0.05, 0.1) is 25.2 Å². The lowest BCUT2D eigenvalue weighted by molar-refractivity contribution is -0.145. The molecule has 130 valence electrons. The normalized spacial score (nSPS) is 10.7. The number of carbonyl (C=O) groups excluding carboxylic acids is 3. The molecule has 0 aromatic rings. The molecule has 1 amide bonds. The molecule has 0 aromatic carbocycles. The summed E-state index contributed by atoms with van der Waals surface area (Å²) < 4.78 is 15.1. The van der Waals surface area contributed by atoms with Crippen LogP contribution in [0.25, 0.3) is 0 Å². The summed E-state index contributed by atoms with van der Waals surface area (Å²) in [6.45, 7) is 7.13. The number of rotatable bonds is 10. The smallest absolute Gasteiger partial charge is 0.435 e. The SMILES string of the molecule is C=CCOC(=O)N(S)NS/C=C(/CC(=O)OCC)C(=O)OCC. The number of hydrogen-bond donors (Lipinski definition) is 2. The Balaban J connectivity index is 4.61. The van der Waals surface area contributed by atoms with Crippen LogP contribution in [0.4, 0.5) is 4.79 Å². The molecule has 0 saturated heterocycles. The van der Waals surface area contributed by atoms with Crippen LogP contribution in [-0.2, 0) is 23.8 Å². The lowest BCUT2D eigenvalue weighted by atomic mass is 10.2. The Kier molecular flexibility index (Phi) is 11.9. The minimum Gasteiger partial charge on any atom is -0.466 e. The summed E-state index contributed by atoms with van der Waals surface area (Å²) in [4.78, 5) is 37.1. The van der Waals surface area contributed by atoms with Gasteiger partial charge >= 0.3 is 18.0 Å². The van der Waals surface area contributed by atoms with E-state index in [0.29, 0.717) is 0 Å². The van der Waals surface area contributed by atoms with Gasteiger partial charge < -0.3 is 14.2 Å². The average molecular weight is 364 g/mol. The zero-order valence-electron chi connectivity index (χ0n) is 12.9. The van der Waals surface area contributed by atoms with E-state index >= 15 is 0 Å². The summed E-state index contributed by atoms with van der Waals surface area (Å²) in [5, 5.41) is 1.33. The maximum absolute atomic E-state index is 11.8. The first-order valence-corrected chi connectivity index (χ1v) is 7.93. The topological polar surface area (TPSA) is 94.2 Å². The molecule has 0 saturated carbocycles. The molecule has 0 spiro atoms. The fourth-order valence-electron chi connectivity index (χ4n) is 1.13. The highest BCUT2D eigenvalue weighted by molar-refractivity contribution is 8.00. The second kappa shape index (κ2) is 12.9. The van der Waals surface area contributed by atoms with Gasteiger partial charge in [-0.15, -0.1) is 0 Å². The third kappa shape index (κ3) is 9.87. The summed E-state index contributed by atoms with van der Waals surface area (Å²) >= 11 is 4.70. The van der Waals surface area contributed by atoms with Gasteiger partial charge in [0.2, 0.25) is 0 Å². The molecular weight excluding hydrogens is 344 g/mol. The zero-order valence-corrected chi connectivity index (χ0v) is 14.7. The van der Waals surface area contributed by atoms with Gasteiger partial charge in [0.15, 0.2) is 0 Å². The fraction of sp³-hybridized carbons (Fsp3) is 0.462. The molecular formula is C13H20N2O6S2. The van der Waals surface area contributed by atoms with E-state index in [1.54, 1.807) is 13.8 Å². The highest BCUT2D eigenvalue weighted by Gasteiger charge is 2.17. The Labute approximate surface area is 144 Å². The number of ether oxygens (including phenoxy) is 3. The highest BCUT2D eigenvalue weighted by atomic mass is 32.2. The summed E-state index contributed by atoms with van der Waals surface area (Å²) in [6.07, 6.45) is 0.414. The van der Waals surface area contributed by atoms with Crippen LogP contribution in [0.15, 0.2) is 23.6 Å². The number of esters is 2. The van der Waals surface area contributed by atoms with Crippen LogP contribution >= 0.6 is 24.8 Å². The molecule has 0 radical (unpaired) electrons. The minimum atomic E-state index is -0.753. The van der Waals surface area contributed by atoms with Gasteiger partial charge in [-0.05, 0) is 44.0 Å². The lowest BCUT2D eigenvalue weighted by Gasteiger charge is -2.14. The van der Waals surface area contributed by atoms with E-state index in [0.717, 1.165) is 16.4 Å². The molecule has 0 aliphatic heterocycles. The van der Waals surface area contributed by atoms with Crippen molar-refractivity contribution >= 4 is 42.8 Å². The molecule has 0 aliphatic carbocycles. The van der Waals surface area contributed by atoms with Crippen LogP contribution in [-0.4, -0.2) is 42.3 Å². The van der Waals surface area contributed by atoms with E-state index in [2.05, 4.69) is 24.2 Å². The molecule has 0 fully saturated rings. The fourth-order valence-corrected chi connectivity index (χ4v) is 1.88. The van der Waals surface area contributed by atoms with Crippen LogP contribution in [0.1, 0.15) is 20.3 Å². The van der Waals surface area contributed by atoms with Crippen molar-refractivity contribution in [3.63, 3.8) is 0 Å². The van der Waals surface area contributed by atoms with Gasteiger partial charge in [0.25, 0.3) is 0 Å². The molecule has 0 heterocycles. The van der Waals surface area contributed by atoms with Crippen LogP contribution in [0.3, 0.4) is 0 Å². The summed E-state index contributed by atoms with van der Waals surface area (Å²) in [5.74, 6) is -1.20. The van der Waals surface area contributed by atoms with Gasteiger partial charge in [-0.25, -0.2) is 9.59 Å². The Morgan fingerprint density at radius 3 is 2.43 bits per heavy atom. The second-order valence-corrected chi connectivity index (χ2v) is 4.79. The summed E-state index contributed by atoms with van der Waals surface area (Å²) in [7, 11) is 0. The number of carbonyl (C=O) groups is 3. The highest BCUT2D eigenvalue weighted by Crippen LogP contribution is 2.12. The van der Waals surface area contributed by atoms with E-state index in [1.165, 1.54) is 11.5 Å². The first-order chi connectivity index (χ1) is 11.0. The Morgan fingerprint density at radius 1 is 1.22 bits per heavy atom. The predicted octanol–water partition coefficient (Wildman–Crippen LogP) is 2.01. The van der Waals surface area contributed by atoms with E-state index in [-0.39, 0.29) is 31.8 Å². The lowest BCUT2D eigenvalue weighted by Crippen LogP contribution is -2.31. The quantitative estimate of drug-likeness (QED) is 0.116. The largest absolute Gasteiger partial charge is 0.466 e. The van der Waals surface area contributed by atoms with Gasteiger partial charge in [0.1, 0.15) is 6.61 Å². The van der Waals surface area contributed by atoms with Crippen molar-refractivity contribution in [3.05, 3.63) is 23.6 Å². The van der Waals surface area contributed by atoms with Crippen LogP contribution in [0, 0.1) is 0 Å². The molecule has 0 atom stereocenters. The molecule has 23 heavy (non-hydrogen) atoms. The first-order valence-electron chi connectivity index (χ1n) is 6.65. The Bertz CT molecular complexity index is 456. The number of hydrazine groups is 1. The zero-order chi connectivity index (χ0) is 17.7. The summed E-state index contributed by atoms with van der Waals surface area (Å²) in [6, 6.07) is 0. The third-order valence-corrected chi connectivity index (χ3v) is 3.10. The third-order valence-electron chi connectivity index (χ3n) is 2.02. The van der Waals surface area contributed by atoms with Crippen LogP contribution < -0.4 is 4.83 Å². The van der Waals surface area contributed by atoms with Gasteiger partial charge in [-0.3, -0.25) is 4.79 Å². The minimum absolute atomic E-state index is 0.0367. The number of hydrogen-bond acceptors (Lipinski definition) is 9. The van der Waals surface area contributed by atoms with Crippen molar-refractivity contribution in [3.8, 4) is 0 Å². The molecule has 0 unspecified atom stereocenters. The van der Waals surface area contributed by atoms with Crippen molar-refractivity contribution in [2.75, 3.05) is 19.8 Å². The van der Waals surface area contributed by atoms with Crippen molar-refractivity contribution in [1.82, 2.24) is 9.25 Å². The van der Waals surface area contributed by atoms with E-state index in [9.17, 15) is 14.4 Å². The van der Waals surface area contributed by atoms with E-state index in [1.807, 2.05) is 0 Å². The van der Waals surface area contributed by atoms with Crippen LogP contribution in [0.2, 0.25) is 0 Å². The number of thiol groups is 1. The van der Waals surface area contributed by atoms with Crippen LogP contribution in [0.5, 0.6) is 0 Å². The number of nitrogens with one attached hydrogen (secondary N) is 1. The molecule has 8 nitrogen and oxygen atoms in total. The number of amides is 1. The second-order valence-electron chi connectivity index (χ2n) is 3.73. The molecule has 10 heteroatoms. The number of nitrogens with zero attached hydrogens (tertiary/aromatic N) is 1. The predicted molar refractivity (Wildman–Crippen MR) is 89.1 cm³/mol. The Hall–Kier alpha value is -1.65. The van der Waals surface area contributed by atoms with Gasteiger partial charge in [0, 0.05) is 0 Å². The van der Waals surface area contributed by atoms with Crippen molar-refractivity contribution < 1.29 is 28.6 Å². The molecule has 0 aliphatic rings. The maximum Gasteiger partial charge on any atom is 0.435 e. The molecule has 0 bridgehead atoms. The van der Waals surface area contributed by atoms with E-state index < -0.39 is 18.0 Å². The van der Waals surface area contributed by atoms with Crippen molar-refractivity contribution in [2.24, 2.45) is 0 Å². The standard InChI is InChI=1S/C13H20N2O6S2/c1-4-7-21-13(18)15(22)14-23-9-10(12(17)20-6-3)8-11(16)19-5-2/h4,9,14,22H,1,5-8H2,2-3H3/b10-9-. The average Bonchev–Trinajstić information content (AvgIpc) is 2.51. The molecule has 0 rings (SSSR count). The van der Waals surface area contributed by atoms with E-state index in [4.69, 9.17) is 14.2 Å². The maximum atomic E-state index is 11.8. The van der Waals surface area contributed by atoms with Gasteiger partial charge in [-0.2, -0.15) is 9.25 Å². The molecule has 1 N–H and O–H groups in total.